The number of carbonyl (C=O) groups is 1. The number of aromatic nitrogens is 2. The van der Waals surface area contributed by atoms with Crippen LogP contribution in [0.4, 0.5) is 0 Å². The molecule has 6 nitrogen and oxygen atoms in total. The Balaban J connectivity index is 2.08. The lowest BCUT2D eigenvalue weighted by atomic mass is 10.2. The molecular weight excluding hydrogens is 386 g/mol. The van der Waals surface area contributed by atoms with E-state index in [0.717, 1.165) is 11.0 Å². The lowest BCUT2D eigenvalue weighted by Gasteiger charge is -2.15. The van der Waals surface area contributed by atoms with Gasteiger partial charge in [-0.25, -0.2) is 4.79 Å². The smallest absolute Gasteiger partial charge is 0.332 e. The lowest BCUT2D eigenvalue weighted by Crippen LogP contribution is -2.43. The number of hydrogen-bond donors (Lipinski definition) is 1. The van der Waals surface area contributed by atoms with Crippen LogP contribution >= 0.6 is 22.9 Å². The molecule has 3 aromatic rings. The van der Waals surface area contributed by atoms with E-state index in [9.17, 15) is 14.4 Å². The molecule has 0 saturated carbocycles. The predicted molar refractivity (Wildman–Crippen MR) is 109 cm³/mol. The number of benzene rings is 1. The molecule has 0 bridgehead atoms. The summed E-state index contributed by atoms with van der Waals surface area (Å²) in [6.07, 6.45) is 0.792. The van der Waals surface area contributed by atoms with E-state index in [1.54, 1.807) is 35.7 Å². The van der Waals surface area contributed by atoms with Gasteiger partial charge in [0.2, 0.25) is 5.91 Å². The Labute approximate surface area is 165 Å². The molecule has 8 heteroatoms. The van der Waals surface area contributed by atoms with Crippen molar-refractivity contribution in [1.29, 1.82) is 0 Å². The maximum Gasteiger partial charge on any atom is 0.332 e. The van der Waals surface area contributed by atoms with E-state index in [1.807, 2.05) is 13.8 Å². The van der Waals surface area contributed by atoms with Gasteiger partial charge >= 0.3 is 5.69 Å². The summed E-state index contributed by atoms with van der Waals surface area (Å²) in [5.41, 5.74) is 0.253. The van der Waals surface area contributed by atoms with Crippen molar-refractivity contribution < 1.29 is 4.79 Å². The molecule has 1 atom stereocenters. The molecule has 2 heterocycles. The minimum atomic E-state index is -0.523. The first-order chi connectivity index (χ1) is 12.9. The number of amides is 1. The van der Waals surface area contributed by atoms with E-state index in [1.165, 1.54) is 15.9 Å². The summed E-state index contributed by atoms with van der Waals surface area (Å²) >= 11 is 7.44. The summed E-state index contributed by atoms with van der Waals surface area (Å²) < 4.78 is 2.93. The minimum absolute atomic E-state index is 0.0141. The zero-order chi connectivity index (χ0) is 19.6. The number of hydrogen-bond acceptors (Lipinski definition) is 4. The number of carbonyl (C=O) groups excluding carboxylic acids is 1. The van der Waals surface area contributed by atoms with Gasteiger partial charge in [-0.2, -0.15) is 0 Å². The van der Waals surface area contributed by atoms with Crippen molar-refractivity contribution in [3.8, 4) is 0 Å². The Hall–Kier alpha value is -2.38. The fourth-order valence-electron chi connectivity index (χ4n) is 2.79. The molecular formula is C19H20ClN3O3S. The van der Waals surface area contributed by atoms with Crippen LogP contribution in [0.15, 0.2) is 45.3 Å². The molecule has 142 valence electrons. The Morgan fingerprint density at radius 1 is 1.22 bits per heavy atom. The highest BCUT2D eigenvalue weighted by molar-refractivity contribution is 7.17. The molecule has 0 spiro atoms. The van der Waals surface area contributed by atoms with Gasteiger partial charge in [-0.05, 0) is 36.4 Å². The Bertz CT molecular complexity index is 1100. The normalized spacial score (nSPS) is 12.3. The van der Waals surface area contributed by atoms with Crippen LogP contribution in [0.3, 0.4) is 0 Å². The van der Waals surface area contributed by atoms with Crippen LogP contribution in [-0.4, -0.2) is 21.1 Å². The summed E-state index contributed by atoms with van der Waals surface area (Å²) in [6, 6.07) is 8.78. The molecule has 0 aliphatic carbocycles. The van der Waals surface area contributed by atoms with Crippen molar-refractivity contribution in [3.63, 3.8) is 0 Å². The molecule has 3 rings (SSSR count). The minimum Gasteiger partial charge on any atom is -0.352 e. The summed E-state index contributed by atoms with van der Waals surface area (Å²) in [5, 5.41) is 5.08. The quantitative estimate of drug-likeness (QED) is 0.685. The highest BCUT2D eigenvalue weighted by Crippen LogP contribution is 2.18. The number of rotatable bonds is 6. The second-order valence-electron chi connectivity index (χ2n) is 6.36. The third kappa shape index (κ3) is 3.99. The molecule has 0 saturated heterocycles. The average Bonchev–Trinajstić information content (AvgIpc) is 3.13. The number of nitrogens with one attached hydrogen (secondary N) is 1. The molecule has 27 heavy (non-hydrogen) atoms. The lowest BCUT2D eigenvalue weighted by molar-refractivity contribution is -0.122. The van der Waals surface area contributed by atoms with Crippen LogP contribution in [0, 0.1) is 0 Å². The Morgan fingerprint density at radius 3 is 2.67 bits per heavy atom. The molecule has 1 aromatic carbocycles. The van der Waals surface area contributed by atoms with Crippen LogP contribution < -0.4 is 16.6 Å². The summed E-state index contributed by atoms with van der Waals surface area (Å²) in [5.74, 6) is -0.262. The van der Waals surface area contributed by atoms with Gasteiger partial charge in [0.1, 0.15) is 11.2 Å². The van der Waals surface area contributed by atoms with E-state index in [4.69, 9.17) is 11.6 Å². The third-order valence-corrected chi connectivity index (χ3v) is 5.70. The fraction of sp³-hybridized carbons (Fsp3) is 0.316. The number of halogens is 1. The topological polar surface area (TPSA) is 73.1 Å². The third-order valence-electron chi connectivity index (χ3n) is 4.44. The SMILES string of the molecule is CCC(C)NC(=O)Cn1c(=O)n(Cc2ccccc2Cl)c(=O)c2sccc21. The molecule has 0 fully saturated rings. The Kier molecular flexibility index (Phi) is 5.82. The first-order valence-corrected chi connectivity index (χ1v) is 9.91. The zero-order valence-corrected chi connectivity index (χ0v) is 16.6. The van der Waals surface area contributed by atoms with Crippen LogP contribution in [0.5, 0.6) is 0 Å². The van der Waals surface area contributed by atoms with E-state index in [0.29, 0.717) is 20.8 Å². The fourth-order valence-corrected chi connectivity index (χ4v) is 3.83. The maximum absolute atomic E-state index is 13.0. The van der Waals surface area contributed by atoms with Crippen molar-refractivity contribution in [1.82, 2.24) is 14.5 Å². The van der Waals surface area contributed by atoms with Crippen molar-refractivity contribution in [2.45, 2.75) is 39.4 Å². The van der Waals surface area contributed by atoms with Crippen molar-refractivity contribution in [3.05, 3.63) is 67.1 Å². The molecule has 1 unspecified atom stereocenters. The van der Waals surface area contributed by atoms with Crippen molar-refractivity contribution in [2.24, 2.45) is 0 Å². The second-order valence-corrected chi connectivity index (χ2v) is 7.69. The van der Waals surface area contributed by atoms with Crippen LogP contribution in [0.1, 0.15) is 25.8 Å². The standard InChI is InChI=1S/C19H20ClN3O3S/c1-3-12(2)21-16(24)11-22-15-8-9-27-17(15)18(25)23(19(22)26)10-13-6-4-5-7-14(13)20/h4-9,12H,3,10-11H2,1-2H3,(H,21,24). The largest absolute Gasteiger partial charge is 0.352 e. The van der Waals surface area contributed by atoms with Crippen molar-refractivity contribution >= 4 is 39.1 Å². The Morgan fingerprint density at radius 2 is 1.96 bits per heavy atom. The van der Waals surface area contributed by atoms with Crippen LogP contribution in [0.2, 0.25) is 5.02 Å². The first-order valence-electron chi connectivity index (χ1n) is 8.66. The monoisotopic (exact) mass is 405 g/mol. The van der Waals surface area contributed by atoms with E-state index in [2.05, 4.69) is 5.32 Å². The summed E-state index contributed by atoms with van der Waals surface area (Å²) in [4.78, 5) is 38.2. The van der Waals surface area contributed by atoms with E-state index < -0.39 is 5.69 Å². The number of thiophene rings is 1. The van der Waals surface area contributed by atoms with Gasteiger partial charge < -0.3 is 5.32 Å². The zero-order valence-electron chi connectivity index (χ0n) is 15.1. The molecule has 0 aliphatic heterocycles. The van der Waals surface area contributed by atoms with Gasteiger partial charge in [0.05, 0.1) is 12.1 Å². The molecule has 1 amide bonds. The average molecular weight is 406 g/mol. The van der Waals surface area contributed by atoms with Gasteiger partial charge in [-0.3, -0.25) is 18.7 Å². The molecule has 0 aliphatic rings. The van der Waals surface area contributed by atoms with Crippen LogP contribution in [0.25, 0.3) is 10.2 Å². The van der Waals surface area contributed by atoms with Gasteiger partial charge in [0.15, 0.2) is 0 Å². The number of fused-ring (bicyclic) bond motifs is 1. The summed E-state index contributed by atoms with van der Waals surface area (Å²) in [7, 11) is 0. The van der Waals surface area contributed by atoms with E-state index >= 15 is 0 Å². The molecule has 0 radical (unpaired) electrons. The molecule has 2 aromatic heterocycles. The second kappa shape index (κ2) is 8.10. The predicted octanol–water partition coefficient (Wildman–Crippen LogP) is 2.84. The van der Waals surface area contributed by atoms with Gasteiger partial charge in [-0.1, -0.05) is 36.7 Å². The summed E-state index contributed by atoms with van der Waals surface area (Å²) in [6.45, 7) is 3.79. The van der Waals surface area contributed by atoms with E-state index in [-0.39, 0.29) is 30.6 Å². The van der Waals surface area contributed by atoms with Gasteiger partial charge in [0, 0.05) is 11.1 Å². The highest BCUT2D eigenvalue weighted by Gasteiger charge is 2.17. The van der Waals surface area contributed by atoms with Gasteiger partial charge in [0.25, 0.3) is 5.56 Å². The number of nitrogens with zero attached hydrogens (tertiary/aromatic N) is 2. The highest BCUT2D eigenvalue weighted by atomic mass is 35.5. The first kappa shape index (κ1) is 19.4. The van der Waals surface area contributed by atoms with Gasteiger partial charge in [-0.15, -0.1) is 11.3 Å². The maximum atomic E-state index is 13.0. The van der Waals surface area contributed by atoms with Crippen molar-refractivity contribution in [2.75, 3.05) is 0 Å². The van der Waals surface area contributed by atoms with Crippen LogP contribution in [-0.2, 0) is 17.9 Å². The molecule has 1 N–H and O–H groups in total.